The van der Waals surface area contributed by atoms with Gasteiger partial charge in [-0.15, -0.1) is 0 Å². The van der Waals surface area contributed by atoms with Gasteiger partial charge in [0.25, 0.3) is 0 Å². The lowest BCUT2D eigenvalue weighted by Gasteiger charge is -2.36. The highest BCUT2D eigenvalue weighted by molar-refractivity contribution is 5.87. The molecule has 4 atom stereocenters. The Labute approximate surface area is 183 Å². The van der Waals surface area contributed by atoms with E-state index in [2.05, 4.69) is 10.6 Å². The summed E-state index contributed by atoms with van der Waals surface area (Å²) < 4.78 is 5.28. The third-order valence-corrected chi connectivity index (χ3v) is 5.37. The molecular weight excluding hydrogens is 406 g/mol. The number of carboxylic acid groups (broad SMARTS) is 1. The van der Waals surface area contributed by atoms with Crippen LogP contribution in [0.2, 0.25) is 0 Å². The van der Waals surface area contributed by atoms with Gasteiger partial charge in [0.1, 0.15) is 11.6 Å². The second-order valence-corrected chi connectivity index (χ2v) is 9.17. The second kappa shape index (κ2) is 11.3. The zero-order valence-corrected chi connectivity index (χ0v) is 19.3. The van der Waals surface area contributed by atoms with E-state index in [1.165, 1.54) is 6.92 Å². The van der Waals surface area contributed by atoms with E-state index in [0.29, 0.717) is 32.4 Å². The Balaban J connectivity index is 2.73. The fourth-order valence-corrected chi connectivity index (χ4v) is 3.34. The molecule has 178 valence electrons. The molecule has 0 aliphatic carbocycles. The molecule has 1 aliphatic heterocycles. The summed E-state index contributed by atoms with van der Waals surface area (Å²) in [7, 11) is 0. The van der Waals surface area contributed by atoms with Gasteiger partial charge in [-0.2, -0.15) is 0 Å². The summed E-state index contributed by atoms with van der Waals surface area (Å²) in [6.45, 7) is 11.0. The zero-order chi connectivity index (χ0) is 23.9. The first-order valence-electron chi connectivity index (χ1n) is 10.8. The molecule has 31 heavy (non-hydrogen) atoms. The molecular formula is C21H37N3O7. The second-order valence-electron chi connectivity index (χ2n) is 9.17. The van der Waals surface area contributed by atoms with Gasteiger partial charge in [0.05, 0.1) is 6.10 Å². The number of carboxylic acids is 1. The van der Waals surface area contributed by atoms with Crippen molar-refractivity contribution in [1.82, 2.24) is 15.5 Å². The van der Waals surface area contributed by atoms with Crippen molar-refractivity contribution in [2.24, 2.45) is 11.8 Å². The molecule has 0 aromatic heterocycles. The number of ether oxygens (including phenoxy) is 1. The number of carbonyl (C=O) groups excluding carboxylic acids is 3. The van der Waals surface area contributed by atoms with E-state index in [9.17, 15) is 24.3 Å². The van der Waals surface area contributed by atoms with E-state index in [1.807, 2.05) is 13.8 Å². The highest BCUT2D eigenvalue weighted by atomic mass is 16.6. The molecule has 0 spiro atoms. The minimum Gasteiger partial charge on any atom is -0.480 e. The Morgan fingerprint density at radius 2 is 1.61 bits per heavy atom. The number of amides is 3. The van der Waals surface area contributed by atoms with E-state index in [0.717, 1.165) is 0 Å². The van der Waals surface area contributed by atoms with Gasteiger partial charge in [0, 0.05) is 19.0 Å². The average Bonchev–Trinajstić information content (AvgIpc) is 2.67. The molecule has 1 heterocycles. The molecule has 0 aromatic carbocycles. The monoisotopic (exact) mass is 443 g/mol. The van der Waals surface area contributed by atoms with Crippen LogP contribution in [0.25, 0.3) is 0 Å². The maximum atomic E-state index is 13.1. The molecule has 0 bridgehead atoms. The summed E-state index contributed by atoms with van der Waals surface area (Å²) in [4.78, 5) is 50.5. The zero-order valence-electron chi connectivity index (χ0n) is 19.3. The molecule has 1 rings (SSSR count). The third-order valence-electron chi connectivity index (χ3n) is 5.37. The number of rotatable bonds is 8. The number of nitrogens with one attached hydrogen (secondary N) is 2. The Kier molecular flexibility index (Phi) is 9.73. The first kappa shape index (κ1) is 26.7. The van der Waals surface area contributed by atoms with E-state index in [-0.39, 0.29) is 11.8 Å². The number of alkyl carbamates (subject to hydrolysis) is 1. The van der Waals surface area contributed by atoms with Gasteiger partial charge >= 0.3 is 12.1 Å². The number of aliphatic carboxylic acids is 1. The van der Waals surface area contributed by atoms with Gasteiger partial charge in [0.15, 0.2) is 6.04 Å². The van der Waals surface area contributed by atoms with Crippen LogP contribution >= 0.6 is 0 Å². The van der Waals surface area contributed by atoms with Crippen molar-refractivity contribution >= 4 is 23.9 Å². The summed E-state index contributed by atoms with van der Waals surface area (Å²) in [5.74, 6) is -2.55. The van der Waals surface area contributed by atoms with Crippen molar-refractivity contribution in [2.75, 3.05) is 13.1 Å². The number of hydrogen-bond acceptors (Lipinski definition) is 6. The number of nitrogens with zero attached hydrogens (tertiary/aromatic N) is 1. The third kappa shape index (κ3) is 8.35. The standard InChI is InChI=1S/C21H37N3O7/c1-7-12(2)15(23-20(30)31-21(4,5)6)18(27)24-10-8-14(9-11-24)17(26)22-16(13(3)25)19(28)29/h12-16,25H,7-11H2,1-6H3,(H,22,26)(H,23,30)(H,28,29)/t12-,13-,15+,16+/m1/s1. The molecule has 4 N–H and O–H groups in total. The van der Waals surface area contributed by atoms with Crippen LogP contribution in [0.4, 0.5) is 4.79 Å². The largest absolute Gasteiger partial charge is 0.480 e. The van der Waals surface area contributed by atoms with Crippen molar-refractivity contribution in [3.63, 3.8) is 0 Å². The van der Waals surface area contributed by atoms with Gasteiger partial charge in [-0.05, 0) is 46.5 Å². The predicted molar refractivity (Wildman–Crippen MR) is 113 cm³/mol. The van der Waals surface area contributed by atoms with Crippen molar-refractivity contribution < 1.29 is 34.1 Å². The lowest BCUT2D eigenvalue weighted by molar-refractivity contribution is -0.146. The molecule has 3 amide bonds. The molecule has 1 fully saturated rings. The minimum absolute atomic E-state index is 0.108. The maximum Gasteiger partial charge on any atom is 0.408 e. The molecule has 0 unspecified atom stereocenters. The lowest BCUT2D eigenvalue weighted by Crippen LogP contribution is -2.55. The van der Waals surface area contributed by atoms with Gasteiger partial charge in [-0.1, -0.05) is 20.3 Å². The van der Waals surface area contributed by atoms with Gasteiger partial charge in [0.2, 0.25) is 11.8 Å². The number of hydrogen-bond donors (Lipinski definition) is 4. The van der Waals surface area contributed by atoms with Crippen molar-refractivity contribution in [2.45, 2.75) is 84.6 Å². The first-order chi connectivity index (χ1) is 14.3. The summed E-state index contributed by atoms with van der Waals surface area (Å²) in [6.07, 6.45) is -0.468. The van der Waals surface area contributed by atoms with Gasteiger partial charge in [-0.3, -0.25) is 9.59 Å². The number of likely N-dealkylation sites (tertiary alicyclic amines) is 1. The number of carbonyl (C=O) groups is 4. The van der Waals surface area contributed by atoms with Crippen molar-refractivity contribution in [3.05, 3.63) is 0 Å². The average molecular weight is 444 g/mol. The number of aliphatic hydroxyl groups excluding tert-OH is 1. The SMILES string of the molecule is CC[C@@H](C)[C@H](NC(=O)OC(C)(C)C)C(=O)N1CCC(C(=O)N[C@H](C(=O)O)[C@@H](C)O)CC1. The molecule has 0 aromatic rings. The minimum atomic E-state index is -1.38. The highest BCUT2D eigenvalue weighted by Crippen LogP contribution is 2.21. The fraction of sp³-hybridized carbons (Fsp3) is 0.810. The lowest BCUT2D eigenvalue weighted by atomic mass is 9.93. The Hall–Kier alpha value is -2.36. The van der Waals surface area contributed by atoms with E-state index >= 15 is 0 Å². The molecule has 10 nitrogen and oxygen atoms in total. The topological polar surface area (TPSA) is 145 Å². The quantitative estimate of drug-likeness (QED) is 0.440. The molecule has 0 radical (unpaired) electrons. The van der Waals surface area contributed by atoms with Crippen molar-refractivity contribution in [3.8, 4) is 0 Å². The number of aliphatic hydroxyl groups is 1. The fourth-order valence-electron chi connectivity index (χ4n) is 3.34. The van der Waals surface area contributed by atoms with Gasteiger partial charge in [-0.25, -0.2) is 9.59 Å². The maximum absolute atomic E-state index is 13.1. The Bertz CT molecular complexity index is 652. The van der Waals surface area contributed by atoms with Crippen LogP contribution in [0.3, 0.4) is 0 Å². The Morgan fingerprint density at radius 3 is 2.03 bits per heavy atom. The molecule has 0 saturated carbocycles. The molecule has 1 saturated heterocycles. The van der Waals surface area contributed by atoms with E-state index < -0.39 is 47.7 Å². The summed E-state index contributed by atoms with van der Waals surface area (Å²) in [5.41, 5.74) is -0.682. The molecule has 1 aliphatic rings. The smallest absolute Gasteiger partial charge is 0.408 e. The summed E-state index contributed by atoms with van der Waals surface area (Å²) in [6, 6.07) is -2.11. The van der Waals surface area contributed by atoms with E-state index in [1.54, 1.807) is 25.7 Å². The predicted octanol–water partition coefficient (Wildman–Crippen LogP) is 1.11. The first-order valence-corrected chi connectivity index (χ1v) is 10.8. The van der Waals surface area contributed by atoms with E-state index in [4.69, 9.17) is 9.84 Å². The van der Waals surface area contributed by atoms with Crippen molar-refractivity contribution in [1.29, 1.82) is 0 Å². The Morgan fingerprint density at radius 1 is 1.06 bits per heavy atom. The van der Waals surface area contributed by atoms with Crippen LogP contribution in [0.1, 0.15) is 60.8 Å². The molecule has 10 heteroatoms. The van der Waals surface area contributed by atoms with Crippen LogP contribution in [0.5, 0.6) is 0 Å². The number of piperidine rings is 1. The van der Waals surface area contributed by atoms with Crippen LogP contribution in [0.15, 0.2) is 0 Å². The van der Waals surface area contributed by atoms with Crippen LogP contribution in [0, 0.1) is 11.8 Å². The summed E-state index contributed by atoms with van der Waals surface area (Å²) >= 11 is 0. The van der Waals surface area contributed by atoms with Gasteiger partial charge < -0.3 is 30.5 Å². The van der Waals surface area contributed by atoms with Crippen LogP contribution in [-0.4, -0.2) is 75.9 Å². The van der Waals surface area contributed by atoms with Crippen LogP contribution < -0.4 is 10.6 Å². The normalized spacial score (nSPS) is 19.0. The highest BCUT2D eigenvalue weighted by Gasteiger charge is 2.36. The summed E-state index contributed by atoms with van der Waals surface area (Å²) in [5, 5.41) is 23.7. The van der Waals surface area contributed by atoms with Crippen LogP contribution in [-0.2, 0) is 19.1 Å².